The minimum absolute atomic E-state index is 0.0504. The van der Waals surface area contributed by atoms with Gasteiger partial charge in [0.15, 0.2) is 0 Å². The van der Waals surface area contributed by atoms with Gasteiger partial charge in [-0.15, -0.1) is 0 Å². The molecule has 0 aliphatic carbocycles. The lowest BCUT2D eigenvalue weighted by atomic mass is 9.97. The maximum atomic E-state index is 12.1. The summed E-state index contributed by atoms with van der Waals surface area (Å²) in [5.74, 6) is 0.0504. The highest BCUT2D eigenvalue weighted by atomic mass is 16.5. The Balaban J connectivity index is 1.96. The number of carbonyl (C=O) groups excluding carboxylic acids is 1. The highest BCUT2D eigenvalue weighted by Gasteiger charge is 2.25. The number of ether oxygens (including phenoxy) is 1. The van der Waals surface area contributed by atoms with Crippen LogP contribution in [0, 0.1) is 0 Å². The summed E-state index contributed by atoms with van der Waals surface area (Å²) in [4.78, 5) is 14.2. The lowest BCUT2D eigenvalue weighted by molar-refractivity contribution is -0.126. The Labute approximate surface area is 120 Å². The molecule has 1 aliphatic rings. The van der Waals surface area contributed by atoms with Crippen molar-refractivity contribution in [3.8, 4) is 0 Å². The van der Waals surface area contributed by atoms with Crippen LogP contribution in [0.1, 0.15) is 18.1 Å². The third-order valence-corrected chi connectivity index (χ3v) is 3.86. The van der Waals surface area contributed by atoms with Crippen molar-refractivity contribution in [3.05, 3.63) is 29.3 Å². The van der Waals surface area contributed by atoms with Crippen molar-refractivity contribution < 1.29 is 9.53 Å². The molecule has 0 saturated heterocycles. The van der Waals surface area contributed by atoms with E-state index in [1.54, 1.807) is 7.11 Å². The fourth-order valence-electron chi connectivity index (χ4n) is 2.58. The number of methoxy groups -OCH3 is 1. The summed E-state index contributed by atoms with van der Waals surface area (Å²) in [5, 5.41) is 2.89. The molecule has 1 unspecified atom stereocenters. The van der Waals surface area contributed by atoms with Gasteiger partial charge in [-0.2, -0.15) is 0 Å². The van der Waals surface area contributed by atoms with Gasteiger partial charge in [0.05, 0.1) is 12.6 Å². The number of carbonyl (C=O) groups is 1. The highest BCUT2D eigenvalue weighted by Crippen LogP contribution is 2.25. The van der Waals surface area contributed by atoms with Gasteiger partial charge in [-0.05, 0) is 30.5 Å². The Morgan fingerprint density at radius 1 is 1.55 bits per heavy atom. The van der Waals surface area contributed by atoms with E-state index in [2.05, 4.69) is 16.3 Å². The summed E-state index contributed by atoms with van der Waals surface area (Å²) in [6.07, 6.45) is 0.900. The number of hydrogen-bond donors (Lipinski definition) is 2. The molecular weight excluding hydrogens is 254 g/mol. The van der Waals surface area contributed by atoms with Crippen LogP contribution in [0.3, 0.4) is 0 Å². The van der Waals surface area contributed by atoms with Crippen LogP contribution >= 0.6 is 0 Å². The molecule has 0 spiro atoms. The minimum atomic E-state index is -0.138. The van der Waals surface area contributed by atoms with Crippen molar-refractivity contribution in [2.75, 3.05) is 32.5 Å². The third-order valence-electron chi connectivity index (χ3n) is 3.86. The number of amides is 1. The van der Waals surface area contributed by atoms with Crippen LogP contribution in [0.4, 0.5) is 5.69 Å². The quantitative estimate of drug-likeness (QED) is 0.616. The number of hydrogen-bond acceptors (Lipinski definition) is 4. The molecule has 1 aromatic carbocycles. The zero-order chi connectivity index (χ0) is 14.5. The van der Waals surface area contributed by atoms with Crippen molar-refractivity contribution in [2.45, 2.75) is 25.9 Å². The predicted octanol–water partition coefficient (Wildman–Crippen LogP) is 0.778. The fraction of sp³-hybridized carbons (Fsp3) is 0.533. The number of nitrogen functional groups attached to an aromatic ring is 1. The topological polar surface area (TPSA) is 67.6 Å². The van der Waals surface area contributed by atoms with Gasteiger partial charge < -0.3 is 15.8 Å². The van der Waals surface area contributed by atoms with Gasteiger partial charge in [0.25, 0.3) is 0 Å². The Hall–Kier alpha value is -1.59. The second-order valence-corrected chi connectivity index (χ2v) is 5.17. The van der Waals surface area contributed by atoms with E-state index in [0.29, 0.717) is 13.2 Å². The first-order valence-electron chi connectivity index (χ1n) is 7.00. The van der Waals surface area contributed by atoms with Gasteiger partial charge in [0, 0.05) is 32.4 Å². The average Bonchev–Trinajstić information content (AvgIpc) is 2.46. The molecule has 0 bridgehead atoms. The van der Waals surface area contributed by atoms with Crippen LogP contribution in [0.5, 0.6) is 0 Å². The molecule has 0 aromatic heterocycles. The Morgan fingerprint density at radius 3 is 3.10 bits per heavy atom. The first kappa shape index (κ1) is 14.8. The molecule has 1 aliphatic heterocycles. The average molecular weight is 277 g/mol. The number of benzene rings is 1. The third kappa shape index (κ3) is 3.29. The molecule has 1 aromatic rings. The summed E-state index contributed by atoms with van der Waals surface area (Å²) in [7, 11) is 1.63. The van der Waals surface area contributed by atoms with E-state index >= 15 is 0 Å². The van der Waals surface area contributed by atoms with Gasteiger partial charge in [-0.25, -0.2) is 0 Å². The molecule has 1 atom stereocenters. The molecule has 5 nitrogen and oxygen atoms in total. The smallest absolute Gasteiger partial charge is 0.237 e. The molecular formula is C15H23N3O2. The first-order chi connectivity index (χ1) is 9.63. The van der Waals surface area contributed by atoms with Crippen molar-refractivity contribution in [2.24, 2.45) is 0 Å². The maximum Gasteiger partial charge on any atom is 0.237 e. The van der Waals surface area contributed by atoms with Gasteiger partial charge >= 0.3 is 0 Å². The Kier molecular flexibility index (Phi) is 4.98. The lowest BCUT2D eigenvalue weighted by Gasteiger charge is -2.33. The van der Waals surface area contributed by atoms with E-state index < -0.39 is 0 Å². The second kappa shape index (κ2) is 6.72. The standard InChI is InChI=1S/C15H23N3O2/c1-11(15(19)17-7-9-20-2)18-8-6-13-12(10-18)4-3-5-14(13)16/h3-5,11H,6-10,16H2,1-2H3,(H,17,19). The summed E-state index contributed by atoms with van der Waals surface area (Å²) in [6.45, 7) is 4.67. The number of nitrogens with one attached hydrogen (secondary N) is 1. The normalized spacial score (nSPS) is 16.5. The van der Waals surface area contributed by atoms with E-state index in [9.17, 15) is 4.79 Å². The van der Waals surface area contributed by atoms with Crippen LogP contribution in [0.25, 0.3) is 0 Å². The lowest BCUT2D eigenvalue weighted by Crippen LogP contribution is -2.47. The molecule has 20 heavy (non-hydrogen) atoms. The van der Waals surface area contributed by atoms with Crippen molar-refractivity contribution in [3.63, 3.8) is 0 Å². The minimum Gasteiger partial charge on any atom is -0.398 e. The SMILES string of the molecule is COCCNC(=O)C(C)N1CCc2c(N)cccc2C1. The van der Waals surface area contributed by atoms with E-state index in [4.69, 9.17) is 10.5 Å². The molecule has 3 N–H and O–H groups in total. The molecule has 0 saturated carbocycles. The van der Waals surface area contributed by atoms with E-state index in [-0.39, 0.29) is 11.9 Å². The summed E-state index contributed by atoms with van der Waals surface area (Å²) < 4.78 is 4.93. The molecule has 1 amide bonds. The Morgan fingerprint density at radius 2 is 2.35 bits per heavy atom. The van der Waals surface area contributed by atoms with Crippen LogP contribution in [-0.2, 0) is 22.5 Å². The fourth-order valence-corrected chi connectivity index (χ4v) is 2.58. The van der Waals surface area contributed by atoms with Gasteiger partial charge in [-0.3, -0.25) is 9.69 Å². The number of rotatable bonds is 5. The molecule has 110 valence electrons. The number of nitrogens with two attached hydrogens (primary N) is 1. The van der Waals surface area contributed by atoms with Crippen LogP contribution < -0.4 is 11.1 Å². The second-order valence-electron chi connectivity index (χ2n) is 5.17. The van der Waals surface area contributed by atoms with Crippen molar-refractivity contribution in [1.82, 2.24) is 10.2 Å². The number of anilines is 1. The van der Waals surface area contributed by atoms with Crippen LogP contribution in [0.2, 0.25) is 0 Å². The number of fused-ring (bicyclic) bond motifs is 1. The molecule has 0 fully saturated rings. The van der Waals surface area contributed by atoms with Crippen molar-refractivity contribution >= 4 is 11.6 Å². The van der Waals surface area contributed by atoms with Crippen LogP contribution in [-0.4, -0.2) is 43.7 Å². The first-order valence-corrected chi connectivity index (χ1v) is 7.00. The van der Waals surface area contributed by atoms with E-state index in [1.807, 2.05) is 19.1 Å². The van der Waals surface area contributed by atoms with Gasteiger partial charge in [-0.1, -0.05) is 12.1 Å². The summed E-state index contributed by atoms with van der Waals surface area (Å²) in [5.41, 5.74) is 9.31. The molecule has 5 heteroatoms. The van der Waals surface area contributed by atoms with Crippen LogP contribution in [0.15, 0.2) is 18.2 Å². The van der Waals surface area contributed by atoms with E-state index in [1.165, 1.54) is 11.1 Å². The van der Waals surface area contributed by atoms with Crippen molar-refractivity contribution in [1.29, 1.82) is 0 Å². The molecule has 2 rings (SSSR count). The summed E-state index contributed by atoms with van der Waals surface area (Å²) in [6, 6.07) is 5.87. The van der Waals surface area contributed by atoms with E-state index in [0.717, 1.165) is 25.2 Å². The molecule has 1 heterocycles. The van der Waals surface area contributed by atoms with Gasteiger partial charge in [0.2, 0.25) is 5.91 Å². The maximum absolute atomic E-state index is 12.1. The largest absolute Gasteiger partial charge is 0.398 e. The Bertz CT molecular complexity index is 476. The number of nitrogens with zero attached hydrogens (tertiary/aromatic N) is 1. The monoisotopic (exact) mass is 277 g/mol. The zero-order valence-electron chi connectivity index (χ0n) is 12.2. The zero-order valence-corrected chi connectivity index (χ0v) is 12.2. The predicted molar refractivity (Wildman–Crippen MR) is 79.3 cm³/mol. The molecule has 0 radical (unpaired) electrons. The van der Waals surface area contributed by atoms with Gasteiger partial charge in [0.1, 0.15) is 0 Å². The summed E-state index contributed by atoms with van der Waals surface area (Å²) >= 11 is 0. The highest BCUT2D eigenvalue weighted by molar-refractivity contribution is 5.81.